The van der Waals surface area contributed by atoms with Crippen molar-refractivity contribution >= 4 is 11.9 Å². The van der Waals surface area contributed by atoms with Gasteiger partial charge in [-0.3, -0.25) is 4.98 Å². The van der Waals surface area contributed by atoms with E-state index in [2.05, 4.69) is 25.3 Å². The number of anilines is 2. The molecule has 1 N–H and O–H groups in total. The van der Waals surface area contributed by atoms with Gasteiger partial charge in [-0.2, -0.15) is 15.0 Å². The molecule has 0 radical (unpaired) electrons. The molecule has 0 aliphatic carbocycles. The molecule has 2 aromatic rings. The number of morpholine rings is 1. The molecule has 1 aliphatic heterocycles. The first-order valence-electron chi connectivity index (χ1n) is 6.69. The average molecular weight is 288 g/mol. The molecule has 0 bridgehead atoms. The second kappa shape index (κ2) is 6.31. The molecule has 21 heavy (non-hydrogen) atoms. The summed E-state index contributed by atoms with van der Waals surface area (Å²) in [5, 5.41) is 2.92. The van der Waals surface area contributed by atoms with Gasteiger partial charge in [0.25, 0.3) is 0 Å². The van der Waals surface area contributed by atoms with Crippen LogP contribution < -0.4 is 15.0 Å². The number of hydrogen-bond donors (Lipinski definition) is 1. The quantitative estimate of drug-likeness (QED) is 0.889. The van der Waals surface area contributed by atoms with Gasteiger partial charge in [-0.15, -0.1) is 0 Å². The molecule has 0 saturated carbocycles. The van der Waals surface area contributed by atoms with Gasteiger partial charge in [-0.1, -0.05) is 0 Å². The van der Waals surface area contributed by atoms with Crippen molar-refractivity contribution in [3.63, 3.8) is 0 Å². The summed E-state index contributed by atoms with van der Waals surface area (Å²) in [6.07, 6.45) is 3.29. The Morgan fingerprint density at radius 2 is 2.10 bits per heavy atom. The normalized spacial score (nSPS) is 14.8. The fourth-order valence-corrected chi connectivity index (χ4v) is 1.92. The molecule has 2 aromatic heterocycles. The SMILES string of the molecule is CNc1nc(Oc2cccnc2)nc(N2CCOCC2)n1. The fourth-order valence-electron chi connectivity index (χ4n) is 1.92. The van der Waals surface area contributed by atoms with Crippen LogP contribution in [0, 0.1) is 0 Å². The third-order valence-corrected chi connectivity index (χ3v) is 2.96. The van der Waals surface area contributed by atoms with Crippen LogP contribution in [-0.2, 0) is 4.74 Å². The van der Waals surface area contributed by atoms with E-state index in [1.807, 2.05) is 4.90 Å². The van der Waals surface area contributed by atoms with Crippen LogP contribution in [0.3, 0.4) is 0 Å². The van der Waals surface area contributed by atoms with Gasteiger partial charge in [0.2, 0.25) is 11.9 Å². The summed E-state index contributed by atoms with van der Waals surface area (Å²) in [6.45, 7) is 2.83. The molecule has 8 nitrogen and oxygen atoms in total. The highest BCUT2D eigenvalue weighted by molar-refractivity contribution is 5.39. The summed E-state index contributed by atoms with van der Waals surface area (Å²) in [7, 11) is 1.76. The van der Waals surface area contributed by atoms with Crippen molar-refractivity contribution in [2.75, 3.05) is 43.6 Å². The van der Waals surface area contributed by atoms with Crippen molar-refractivity contribution in [2.45, 2.75) is 0 Å². The second-order valence-electron chi connectivity index (χ2n) is 4.38. The van der Waals surface area contributed by atoms with Gasteiger partial charge in [0, 0.05) is 26.3 Å². The first-order valence-corrected chi connectivity index (χ1v) is 6.69. The smallest absolute Gasteiger partial charge is 0.328 e. The molecular weight excluding hydrogens is 272 g/mol. The number of nitrogens with zero attached hydrogens (tertiary/aromatic N) is 5. The maximum absolute atomic E-state index is 5.63. The van der Waals surface area contributed by atoms with Crippen molar-refractivity contribution in [3.8, 4) is 11.8 Å². The molecule has 8 heteroatoms. The number of aromatic nitrogens is 4. The van der Waals surface area contributed by atoms with Gasteiger partial charge < -0.3 is 19.7 Å². The Morgan fingerprint density at radius 3 is 2.81 bits per heavy atom. The highest BCUT2D eigenvalue weighted by atomic mass is 16.5. The van der Waals surface area contributed by atoms with Crippen LogP contribution in [0.15, 0.2) is 24.5 Å². The Bertz CT molecular complexity index is 588. The lowest BCUT2D eigenvalue weighted by molar-refractivity contribution is 0.122. The van der Waals surface area contributed by atoms with Crippen molar-refractivity contribution in [3.05, 3.63) is 24.5 Å². The molecule has 3 heterocycles. The molecule has 1 saturated heterocycles. The molecule has 1 aliphatic rings. The third-order valence-electron chi connectivity index (χ3n) is 2.96. The number of ether oxygens (including phenoxy) is 2. The monoisotopic (exact) mass is 288 g/mol. The van der Waals surface area contributed by atoms with Crippen LogP contribution in [0.1, 0.15) is 0 Å². The molecule has 0 atom stereocenters. The van der Waals surface area contributed by atoms with E-state index in [-0.39, 0.29) is 6.01 Å². The van der Waals surface area contributed by atoms with E-state index in [4.69, 9.17) is 9.47 Å². The van der Waals surface area contributed by atoms with E-state index < -0.39 is 0 Å². The van der Waals surface area contributed by atoms with E-state index in [1.165, 1.54) is 0 Å². The number of nitrogens with one attached hydrogen (secondary N) is 1. The van der Waals surface area contributed by atoms with Crippen LogP contribution in [0.25, 0.3) is 0 Å². The van der Waals surface area contributed by atoms with Gasteiger partial charge in [-0.25, -0.2) is 0 Å². The van der Waals surface area contributed by atoms with E-state index in [0.717, 1.165) is 13.1 Å². The molecule has 0 unspecified atom stereocenters. The Hall–Kier alpha value is -2.48. The molecular formula is C13H16N6O2. The first-order chi connectivity index (χ1) is 10.3. The molecule has 0 spiro atoms. The summed E-state index contributed by atoms with van der Waals surface area (Å²) in [5.74, 6) is 1.63. The lowest BCUT2D eigenvalue weighted by Gasteiger charge is -2.26. The highest BCUT2D eigenvalue weighted by Gasteiger charge is 2.17. The third kappa shape index (κ3) is 3.34. The maximum Gasteiger partial charge on any atom is 0.328 e. The molecule has 0 aromatic carbocycles. The second-order valence-corrected chi connectivity index (χ2v) is 4.38. The Kier molecular flexibility index (Phi) is 4.06. The van der Waals surface area contributed by atoms with Gasteiger partial charge in [0.15, 0.2) is 0 Å². The molecule has 1 fully saturated rings. The lowest BCUT2D eigenvalue weighted by Crippen LogP contribution is -2.37. The van der Waals surface area contributed by atoms with E-state index in [1.54, 1.807) is 31.6 Å². The predicted octanol–water partition coefficient (Wildman–Crippen LogP) is 0.937. The van der Waals surface area contributed by atoms with Crippen molar-refractivity contribution < 1.29 is 9.47 Å². The average Bonchev–Trinajstić information content (AvgIpc) is 2.56. The topological polar surface area (TPSA) is 85.3 Å². The summed E-state index contributed by atoms with van der Waals surface area (Å²) in [4.78, 5) is 19.0. The largest absolute Gasteiger partial charge is 0.422 e. The Morgan fingerprint density at radius 1 is 1.24 bits per heavy atom. The minimum Gasteiger partial charge on any atom is -0.422 e. The minimum absolute atomic E-state index is 0.240. The van der Waals surface area contributed by atoms with Crippen molar-refractivity contribution in [2.24, 2.45) is 0 Å². The van der Waals surface area contributed by atoms with Crippen LogP contribution >= 0.6 is 0 Å². The van der Waals surface area contributed by atoms with E-state index in [9.17, 15) is 0 Å². The van der Waals surface area contributed by atoms with Gasteiger partial charge in [0.05, 0.1) is 19.4 Å². The summed E-state index contributed by atoms with van der Waals surface area (Å²) in [5.41, 5.74) is 0. The van der Waals surface area contributed by atoms with E-state index >= 15 is 0 Å². The van der Waals surface area contributed by atoms with Crippen LogP contribution in [0.2, 0.25) is 0 Å². The van der Waals surface area contributed by atoms with Gasteiger partial charge >= 0.3 is 6.01 Å². The van der Waals surface area contributed by atoms with Crippen molar-refractivity contribution in [1.82, 2.24) is 19.9 Å². The lowest BCUT2D eigenvalue weighted by atomic mass is 10.4. The standard InChI is InChI=1S/C13H16N6O2/c1-14-11-16-12(19-5-7-20-8-6-19)18-13(17-11)21-10-3-2-4-15-9-10/h2-4,9H,5-8H2,1H3,(H,14,16,17,18). The molecule has 3 rings (SSSR count). The highest BCUT2D eigenvalue weighted by Crippen LogP contribution is 2.20. The summed E-state index contributed by atoms with van der Waals surface area (Å²) >= 11 is 0. The maximum atomic E-state index is 5.63. The summed E-state index contributed by atoms with van der Waals surface area (Å²) < 4.78 is 11.0. The van der Waals surface area contributed by atoms with Crippen LogP contribution in [-0.4, -0.2) is 53.3 Å². The molecule has 0 amide bonds. The predicted molar refractivity (Wildman–Crippen MR) is 76.7 cm³/mol. The zero-order valence-corrected chi connectivity index (χ0v) is 11.7. The zero-order valence-electron chi connectivity index (χ0n) is 11.7. The van der Waals surface area contributed by atoms with Crippen molar-refractivity contribution in [1.29, 1.82) is 0 Å². The Balaban J connectivity index is 1.85. The first kappa shape index (κ1) is 13.5. The van der Waals surface area contributed by atoms with Crippen LogP contribution in [0.4, 0.5) is 11.9 Å². The summed E-state index contributed by atoms with van der Waals surface area (Å²) in [6, 6.07) is 3.83. The zero-order chi connectivity index (χ0) is 14.5. The molecule has 110 valence electrons. The number of pyridine rings is 1. The number of hydrogen-bond acceptors (Lipinski definition) is 8. The van der Waals surface area contributed by atoms with E-state index in [0.29, 0.717) is 30.9 Å². The van der Waals surface area contributed by atoms with Gasteiger partial charge in [-0.05, 0) is 12.1 Å². The fraction of sp³-hybridized carbons (Fsp3) is 0.385. The van der Waals surface area contributed by atoms with Gasteiger partial charge in [0.1, 0.15) is 5.75 Å². The Labute approximate surface area is 122 Å². The number of rotatable bonds is 4. The minimum atomic E-state index is 0.240. The van der Waals surface area contributed by atoms with Crippen LogP contribution in [0.5, 0.6) is 11.8 Å².